The average molecular weight is 357 g/mol. The van der Waals surface area contributed by atoms with Gasteiger partial charge >= 0.3 is 5.97 Å². The van der Waals surface area contributed by atoms with Crippen molar-refractivity contribution in [2.45, 2.75) is 10.6 Å². The summed E-state index contributed by atoms with van der Waals surface area (Å²) in [4.78, 5) is 20.5. The summed E-state index contributed by atoms with van der Waals surface area (Å²) in [6.07, 6.45) is 1.49. The van der Waals surface area contributed by atoms with Crippen LogP contribution in [-0.2, 0) is 14.7 Å². The lowest BCUT2D eigenvalue weighted by Gasteiger charge is -2.13. The van der Waals surface area contributed by atoms with E-state index in [4.69, 9.17) is 16.4 Å². The Bertz CT molecular complexity index is 856. The van der Waals surface area contributed by atoms with Crippen LogP contribution in [-0.4, -0.2) is 30.8 Å². The standard InChI is InChI=1S/C13H9ClN2O4S2/c14-11-2-1-8(7-15-11)12(17)20-16-10-4-6-22(18,19)13-9(10)3-5-21-13/h1-3,5,7H,4,6H2/b16-10+. The summed E-state index contributed by atoms with van der Waals surface area (Å²) in [5.74, 6) is -0.721. The molecule has 0 aliphatic carbocycles. The highest BCUT2D eigenvalue weighted by molar-refractivity contribution is 7.93. The normalized spacial score (nSPS) is 18.0. The van der Waals surface area contributed by atoms with Crippen molar-refractivity contribution in [3.05, 3.63) is 46.1 Å². The molecule has 0 unspecified atom stereocenters. The Labute approximate surface area is 135 Å². The van der Waals surface area contributed by atoms with Crippen LogP contribution in [0.2, 0.25) is 5.15 Å². The number of nitrogens with zero attached hydrogens (tertiary/aromatic N) is 2. The van der Waals surface area contributed by atoms with E-state index in [1.165, 1.54) is 18.3 Å². The molecule has 0 spiro atoms. The average Bonchev–Trinajstić information content (AvgIpc) is 2.98. The van der Waals surface area contributed by atoms with Gasteiger partial charge in [0.2, 0.25) is 0 Å². The molecule has 3 heterocycles. The molecule has 0 aromatic carbocycles. The summed E-state index contributed by atoms with van der Waals surface area (Å²) in [6.45, 7) is 0. The Morgan fingerprint density at radius 2 is 2.18 bits per heavy atom. The minimum atomic E-state index is -3.25. The topological polar surface area (TPSA) is 85.7 Å². The number of oxime groups is 1. The van der Waals surface area contributed by atoms with Gasteiger partial charge in [0.15, 0.2) is 9.84 Å². The molecule has 0 amide bonds. The molecule has 114 valence electrons. The molecule has 2 aromatic rings. The summed E-state index contributed by atoms with van der Waals surface area (Å²) >= 11 is 6.77. The third-order valence-electron chi connectivity index (χ3n) is 3.03. The molecule has 0 N–H and O–H groups in total. The van der Waals surface area contributed by atoms with Gasteiger partial charge in [-0.25, -0.2) is 18.2 Å². The molecule has 0 radical (unpaired) electrons. The van der Waals surface area contributed by atoms with Crippen molar-refractivity contribution in [3.8, 4) is 0 Å². The second kappa shape index (κ2) is 5.79. The van der Waals surface area contributed by atoms with E-state index in [2.05, 4.69) is 10.1 Å². The fraction of sp³-hybridized carbons (Fsp3) is 0.154. The van der Waals surface area contributed by atoms with Gasteiger partial charge in [-0.15, -0.1) is 11.3 Å². The van der Waals surface area contributed by atoms with E-state index in [-0.39, 0.29) is 27.1 Å². The van der Waals surface area contributed by atoms with Crippen LogP contribution >= 0.6 is 22.9 Å². The number of hydrogen-bond donors (Lipinski definition) is 0. The molecule has 2 aromatic heterocycles. The molecular formula is C13H9ClN2O4S2. The van der Waals surface area contributed by atoms with Crippen molar-refractivity contribution in [3.63, 3.8) is 0 Å². The second-order valence-corrected chi connectivity index (χ2v) is 8.08. The summed E-state index contributed by atoms with van der Waals surface area (Å²) in [7, 11) is -3.25. The molecule has 0 fully saturated rings. The fourth-order valence-corrected chi connectivity index (χ4v) is 4.87. The van der Waals surface area contributed by atoms with Gasteiger partial charge in [0, 0.05) is 18.2 Å². The number of aromatic nitrogens is 1. The lowest BCUT2D eigenvalue weighted by atomic mass is 10.1. The number of pyridine rings is 1. The Hall–Kier alpha value is -1.77. The number of rotatable bonds is 2. The van der Waals surface area contributed by atoms with Gasteiger partial charge in [0.05, 0.1) is 17.0 Å². The number of carbonyl (C=O) groups excluding carboxylic acids is 1. The van der Waals surface area contributed by atoms with E-state index in [0.717, 1.165) is 11.3 Å². The minimum Gasteiger partial charge on any atom is -0.312 e. The summed E-state index contributed by atoms with van der Waals surface area (Å²) in [6, 6.07) is 4.60. The monoisotopic (exact) mass is 356 g/mol. The minimum absolute atomic E-state index is 0.0423. The van der Waals surface area contributed by atoms with E-state index < -0.39 is 15.8 Å². The molecule has 1 aliphatic rings. The van der Waals surface area contributed by atoms with E-state index in [1.54, 1.807) is 11.4 Å². The molecule has 0 saturated carbocycles. The zero-order chi connectivity index (χ0) is 15.7. The summed E-state index contributed by atoms with van der Waals surface area (Å²) < 4.78 is 24.1. The first kappa shape index (κ1) is 15.1. The predicted octanol–water partition coefficient (Wildman–Crippen LogP) is 2.54. The van der Waals surface area contributed by atoms with Crippen molar-refractivity contribution < 1.29 is 18.0 Å². The Morgan fingerprint density at radius 1 is 1.36 bits per heavy atom. The second-order valence-electron chi connectivity index (χ2n) is 4.48. The first-order valence-corrected chi connectivity index (χ1v) is 9.09. The van der Waals surface area contributed by atoms with Gasteiger partial charge < -0.3 is 4.84 Å². The maximum atomic E-state index is 11.9. The maximum Gasteiger partial charge on any atom is 0.367 e. The van der Waals surface area contributed by atoms with Crippen LogP contribution in [0.1, 0.15) is 22.3 Å². The van der Waals surface area contributed by atoms with Crippen molar-refractivity contribution >= 4 is 44.5 Å². The van der Waals surface area contributed by atoms with Gasteiger partial charge in [0.25, 0.3) is 0 Å². The van der Waals surface area contributed by atoms with Crippen LogP contribution in [0.4, 0.5) is 0 Å². The van der Waals surface area contributed by atoms with Crippen LogP contribution in [0.25, 0.3) is 0 Å². The van der Waals surface area contributed by atoms with Gasteiger partial charge in [-0.05, 0) is 23.6 Å². The maximum absolute atomic E-state index is 11.9. The zero-order valence-electron chi connectivity index (χ0n) is 11.0. The van der Waals surface area contributed by atoms with Crippen LogP contribution in [0.3, 0.4) is 0 Å². The fourth-order valence-electron chi connectivity index (χ4n) is 1.95. The van der Waals surface area contributed by atoms with E-state index in [9.17, 15) is 13.2 Å². The van der Waals surface area contributed by atoms with Gasteiger partial charge in [-0.3, -0.25) is 0 Å². The molecule has 9 heteroatoms. The van der Waals surface area contributed by atoms with E-state index in [0.29, 0.717) is 11.3 Å². The summed E-state index contributed by atoms with van der Waals surface area (Å²) in [5.41, 5.74) is 1.15. The van der Waals surface area contributed by atoms with Gasteiger partial charge in [-0.1, -0.05) is 16.8 Å². The molecule has 3 rings (SSSR count). The highest BCUT2D eigenvalue weighted by atomic mass is 35.5. The van der Waals surface area contributed by atoms with Crippen molar-refractivity contribution in [2.75, 3.05) is 5.75 Å². The van der Waals surface area contributed by atoms with Crippen LogP contribution in [0.5, 0.6) is 0 Å². The smallest absolute Gasteiger partial charge is 0.312 e. The molecule has 6 nitrogen and oxygen atoms in total. The molecule has 22 heavy (non-hydrogen) atoms. The third kappa shape index (κ3) is 2.90. The Morgan fingerprint density at radius 3 is 2.91 bits per heavy atom. The van der Waals surface area contributed by atoms with Crippen LogP contribution in [0.15, 0.2) is 39.1 Å². The van der Waals surface area contributed by atoms with Gasteiger partial charge in [0.1, 0.15) is 9.36 Å². The Balaban J connectivity index is 1.82. The molecule has 0 saturated heterocycles. The number of hydrogen-bond acceptors (Lipinski definition) is 7. The number of halogens is 1. The lowest BCUT2D eigenvalue weighted by Crippen LogP contribution is -2.20. The number of thiophene rings is 1. The first-order valence-electron chi connectivity index (χ1n) is 6.18. The van der Waals surface area contributed by atoms with Crippen LogP contribution < -0.4 is 0 Å². The quantitative estimate of drug-likeness (QED) is 0.469. The van der Waals surface area contributed by atoms with Crippen molar-refractivity contribution in [1.29, 1.82) is 0 Å². The largest absolute Gasteiger partial charge is 0.367 e. The Kier molecular flexibility index (Phi) is 3.98. The lowest BCUT2D eigenvalue weighted by molar-refractivity contribution is 0.0515. The SMILES string of the molecule is O=C(O/N=C1\CCS(=O)(=O)c2sccc21)c1ccc(Cl)nc1. The third-order valence-corrected chi connectivity index (χ3v) is 6.54. The molecular weight excluding hydrogens is 348 g/mol. The highest BCUT2D eigenvalue weighted by Crippen LogP contribution is 2.30. The van der Waals surface area contributed by atoms with Gasteiger partial charge in [-0.2, -0.15) is 0 Å². The number of sulfone groups is 1. The predicted molar refractivity (Wildman–Crippen MR) is 82.2 cm³/mol. The number of fused-ring (bicyclic) bond motifs is 1. The molecule has 0 atom stereocenters. The number of carbonyl (C=O) groups is 1. The highest BCUT2D eigenvalue weighted by Gasteiger charge is 2.29. The van der Waals surface area contributed by atoms with Crippen molar-refractivity contribution in [2.24, 2.45) is 5.16 Å². The molecule has 1 aliphatic heterocycles. The molecule has 0 bridgehead atoms. The van der Waals surface area contributed by atoms with E-state index in [1.807, 2.05) is 0 Å². The summed E-state index contributed by atoms with van der Waals surface area (Å²) in [5, 5.41) is 5.75. The van der Waals surface area contributed by atoms with Crippen LogP contribution in [0, 0.1) is 0 Å². The first-order chi connectivity index (χ1) is 10.5. The van der Waals surface area contributed by atoms with Crippen molar-refractivity contribution in [1.82, 2.24) is 4.98 Å². The van der Waals surface area contributed by atoms with E-state index >= 15 is 0 Å². The zero-order valence-corrected chi connectivity index (χ0v) is 13.4.